The van der Waals surface area contributed by atoms with Gasteiger partial charge in [0.25, 0.3) is 17.7 Å². The Labute approximate surface area is 533 Å². The van der Waals surface area contributed by atoms with E-state index in [2.05, 4.69) is 31.9 Å². The molecule has 8 N–H and O–H groups in total. The number of carboxylic acids is 2. The first kappa shape index (κ1) is 63.7. The number of hydrogen-bond donors (Lipinski definition) is 8. The smallest absolute Gasteiger partial charge is 0.323 e. The van der Waals surface area contributed by atoms with Crippen molar-refractivity contribution in [2.45, 2.75) is 96.5 Å². The molecule has 10 rings (SSSR count). The lowest BCUT2D eigenvalue weighted by Gasteiger charge is -2.29. The molecule has 7 aromatic heterocycles. The van der Waals surface area contributed by atoms with E-state index in [0.29, 0.717) is 88.8 Å². The molecule has 8 heterocycles. The zero-order valence-corrected chi connectivity index (χ0v) is 53.5. The third-order valence-corrected chi connectivity index (χ3v) is 20.5. The van der Waals surface area contributed by atoms with Gasteiger partial charge in [-0.3, -0.25) is 38.5 Å². The molecule has 25 nitrogen and oxygen atoms in total. The first-order chi connectivity index (χ1) is 42.7. The number of pyridine rings is 1. The van der Waals surface area contributed by atoms with Gasteiger partial charge in [-0.1, -0.05) is 51.1 Å². The quantitative estimate of drug-likeness (QED) is 0.0535. The van der Waals surface area contributed by atoms with Gasteiger partial charge in [0.05, 0.1) is 54.2 Å². The molecular formula is C58H60N14O11S6. The fourth-order valence-corrected chi connectivity index (χ4v) is 15.7. The highest BCUT2D eigenvalue weighted by Gasteiger charge is 2.34. The van der Waals surface area contributed by atoms with E-state index >= 15 is 0 Å². The molecule has 1 aliphatic heterocycles. The minimum atomic E-state index is -1.29. The standard InChI is InChI=1S/C58H60N14O11S6/c1-26(2)43-56-71-47(38(89-56)21-83-6)49(78)60-19-41(74)68-44(27(3)29-10-8-7-9-11-29)55-66-37(24-86-55)53-64-35(22-85-53)46-32(51-65-36(23-84-51)48(77)63-34(18-40(73)59-5)54-70-45(28(4)88-54)50(79)69-43)16-17-33(62-46)52-67-39(25-87-52)72(20-42(75)76)58(82)61-31-14-12-30(13-15-31)57(80)81/h7-11,16-17,22-27,30-31,34,43-44H,12-15,18-21H2,1-6H3,(H,59,73)(H,60,78)(H,61,82)(H,63,77)(H,68,74)(H,69,79)(H,75,76)(H,80,81)/t27-,30-,31-,34-,43?,44-/m0/s1. The number of aliphatic carboxylic acids is 2. The number of fused-ring (bicyclic) bond motifs is 14. The number of urea groups is 1. The number of methoxy groups -OCH3 is 1. The molecule has 1 fully saturated rings. The van der Waals surface area contributed by atoms with Gasteiger partial charge in [0.1, 0.15) is 76.6 Å². The van der Waals surface area contributed by atoms with E-state index < -0.39 is 84.6 Å². The van der Waals surface area contributed by atoms with Crippen LogP contribution in [-0.2, 0) is 30.5 Å². The second-order valence-electron chi connectivity index (χ2n) is 21.3. The second kappa shape index (κ2) is 28.0. The minimum Gasteiger partial charge on any atom is -0.481 e. The predicted molar refractivity (Wildman–Crippen MR) is 337 cm³/mol. The number of ether oxygens (including phenoxy) is 1. The second-order valence-corrected chi connectivity index (χ2v) is 27.1. The molecule has 1 aliphatic carbocycles. The van der Waals surface area contributed by atoms with Crippen molar-refractivity contribution < 1.29 is 53.3 Å². The molecular weight excluding hydrogens is 1260 g/mol. The average Bonchev–Trinajstić information content (AvgIpc) is 2.72. The predicted octanol–water partition coefficient (Wildman–Crippen LogP) is 8.63. The summed E-state index contributed by atoms with van der Waals surface area (Å²) in [5.74, 6) is -5.96. The molecule has 1 saturated carbocycles. The van der Waals surface area contributed by atoms with Gasteiger partial charge in [0.2, 0.25) is 11.8 Å². The molecule has 2 aliphatic rings. The van der Waals surface area contributed by atoms with Gasteiger partial charge in [-0.25, -0.2) is 39.7 Å². The van der Waals surface area contributed by atoms with E-state index in [4.69, 9.17) is 39.6 Å². The maximum Gasteiger partial charge on any atom is 0.323 e. The van der Waals surface area contributed by atoms with Gasteiger partial charge in [-0.05, 0) is 56.2 Å². The highest BCUT2D eigenvalue weighted by molar-refractivity contribution is 7.15. The van der Waals surface area contributed by atoms with E-state index in [1.54, 1.807) is 35.2 Å². The number of nitrogens with zero attached hydrogens (tertiary/aromatic N) is 8. The molecule has 0 spiro atoms. The molecule has 31 heteroatoms. The highest BCUT2D eigenvalue weighted by atomic mass is 32.1. The maximum absolute atomic E-state index is 14.4. The number of benzene rings is 1. The van der Waals surface area contributed by atoms with Crippen LogP contribution in [0.25, 0.3) is 43.4 Å². The monoisotopic (exact) mass is 1320 g/mol. The summed E-state index contributed by atoms with van der Waals surface area (Å²) < 4.78 is 5.48. The average molecular weight is 1320 g/mol. The number of nitrogens with one attached hydrogen (secondary N) is 6. The van der Waals surface area contributed by atoms with Crippen LogP contribution in [0, 0.1) is 18.8 Å². The molecule has 1 unspecified atom stereocenters. The van der Waals surface area contributed by atoms with E-state index in [1.807, 2.05) is 56.5 Å². The Morgan fingerprint density at radius 3 is 2.10 bits per heavy atom. The lowest BCUT2D eigenvalue weighted by molar-refractivity contribution is -0.143. The third kappa shape index (κ3) is 14.7. The zero-order chi connectivity index (χ0) is 63.2. The fourth-order valence-electron chi connectivity index (χ4n) is 10.1. The van der Waals surface area contributed by atoms with Crippen LogP contribution in [0.1, 0.15) is 139 Å². The molecule has 0 radical (unpaired) electrons. The Morgan fingerprint density at radius 1 is 0.685 bits per heavy atom. The van der Waals surface area contributed by atoms with Crippen LogP contribution in [0.5, 0.6) is 0 Å². The lowest BCUT2D eigenvalue weighted by Crippen LogP contribution is -2.48. The molecule has 4 atom stereocenters. The van der Waals surface area contributed by atoms with Crippen LogP contribution in [0.3, 0.4) is 0 Å². The first-order valence-electron chi connectivity index (χ1n) is 28.0. The molecule has 464 valence electrons. The van der Waals surface area contributed by atoms with E-state index in [-0.39, 0.29) is 58.8 Å². The maximum atomic E-state index is 14.4. The Kier molecular flexibility index (Phi) is 20.0. The summed E-state index contributed by atoms with van der Waals surface area (Å²) in [6.45, 7) is 6.32. The number of aromatic nitrogens is 7. The summed E-state index contributed by atoms with van der Waals surface area (Å²) in [6, 6.07) is 9.54. The fraction of sp³-hybridized carbons (Fsp3) is 0.362. The van der Waals surface area contributed by atoms with Gasteiger partial charge in [-0.15, -0.1) is 68.0 Å². The lowest BCUT2D eigenvalue weighted by atomic mass is 9.86. The summed E-state index contributed by atoms with van der Waals surface area (Å²) in [5.41, 5.74) is 2.97. The summed E-state index contributed by atoms with van der Waals surface area (Å²) in [5, 5.41) is 45.9. The summed E-state index contributed by atoms with van der Waals surface area (Å²) in [4.78, 5) is 144. The van der Waals surface area contributed by atoms with E-state index in [1.165, 1.54) is 48.2 Å². The van der Waals surface area contributed by atoms with Crippen molar-refractivity contribution in [2.75, 3.05) is 32.1 Å². The Hall–Kier alpha value is -8.33. The molecule has 0 saturated heterocycles. The van der Waals surface area contributed by atoms with Crippen molar-refractivity contribution in [3.05, 3.63) is 111 Å². The van der Waals surface area contributed by atoms with Gasteiger partial charge in [0.15, 0.2) is 0 Å². The number of thiazole rings is 6. The van der Waals surface area contributed by atoms with Crippen molar-refractivity contribution in [1.29, 1.82) is 0 Å². The molecule has 10 bridgehead atoms. The Morgan fingerprint density at radius 2 is 1.38 bits per heavy atom. The topological polar surface area (TPSA) is 352 Å². The number of hydrogen-bond acceptors (Lipinski definition) is 22. The number of carbonyl (C=O) groups is 8. The molecule has 7 amide bonds. The largest absolute Gasteiger partial charge is 0.481 e. The van der Waals surface area contributed by atoms with E-state index in [9.17, 15) is 48.6 Å². The van der Waals surface area contributed by atoms with Crippen LogP contribution in [-0.4, -0.2) is 126 Å². The minimum absolute atomic E-state index is 0.00195. The van der Waals surface area contributed by atoms with Crippen LogP contribution >= 0.6 is 68.0 Å². The normalized spacial score (nSPS) is 18.6. The van der Waals surface area contributed by atoms with Crippen molar-refractivity contribution in [3.63, 3.8) is 0 Å². The number of carboxylic acid groups (broad SMARTS) is 2. The number of anilines is 1. The van der Waals surface area contributed by atoms with Crippen LogP contribution in [0.15, 0.2) is 64.0 Å². The molecule has 8 aromatic rings. The first-order valence-corrected chi connectivity index (χ1v) is 33.2. The van der Waals surface area contributed by atoms with Gasteiger partial charge < -0.3 is 46.9 Å². The third-order valence-electron chi connectivity index (χ3n) is 14.8. The van der Waals surface area contributed by atoms with Gasteiger partial charge in [0, 0.05) is 58.1 Å². The van der Waals surface area contributed by atoms with Gasteiger partial charge >= 0.3 is 18.0 Å². The van der Waals surface area contributed by atoms with Crippen molar-refractivity contribution >= 4 is 121 Å². The van der Waals surface area contributed by atoms with Gasteiger partial charge in [-0.2, -0.15) is 0 Å². The zero-order valence-electron chi connectivity index (χ0n) is 48.6. The number of aryl methyl sites for hydroxylation is 1. The number of carbonyl (C=O) groups excluding carboxylic acids is 6. The molecule has 89 heavy (non-hydrogen) atoms. The highest BCUT2D eigenvalue weighted by Crippen LogP contribution is 2.41. The summed E-state index contributed by atoms with van der Waals surface area (Å²) in [6.07, 6.45) is 1.31. The van der Waals surface area contributed by atoms with Crippen molar-refractivity contribution in [2.24, 2.45) is 11.8 Å². The summed E-state index contributed by atoms with van der Waals surface area (Å²) >= 11 is 7.18. The Bertz CT molecular complexity index is 3960. The van der Waals surface area contributed by atoms with Crippen LogP contribution in [0.2, 0.25) is 0 Å². The van der Waals surface area contributed by atoms with Crippen LogP contribution < -0.4 is 36.8 Å². The van der Waals surface area contributed by atoms with Crippen molar-refractivity contribution in [3.8, 4) is 43.4 Å². The van der Waals surface area contributed by atoms with Crippen molar-refractivity contribution in [1.82, 2.24) is 66.8 Å². The van der Waals surface area contributed by atoms with E-state index in [0.717, 1.165) is 44.5 Å². The SMILES string of the molecule is CNC(=O)C[C@@H]1NC(=O)c2csc(n2)-c2ccc(-c3nc(N(CC(=O)O)C(=O)N[C@H]4CC[C@H](C(=O)O)CC4)cs3)nc2-c2csc(n2)-c2csc(n2)[C@H]([C@@H](C)c2ccccc2)NC(=O)CNC(=O)c2nc(sc2COC)C(C(C)C)NC(=O)c2nc1sc2C. The van der Waals surface area contributed by atoms with Crippen LogP contribution in [0.4, 0.5) is 10.6 Å². The number of rotatable bonds is 13. The summed E-state index contributed by atoms with van der Waals surface area (Å²) in [7, 11) is 2.94. The Balaban J connectivity index is 1.04. The molecule has 1 aromatic carbocycles. The number of amides is 7.